The van der Waals surface area contributed by atoms with E-state index >= 15 is 0 Å². The average molecular weight is 400 g/mol. The van der Waals surface area contributed by atoms with Gasteiger partial charge in [-0.15, -0.1) is 0 Å². The summed E-state index contributed by atoms with van der Waals surface area (Å²) < 4.78 is 11.5. The molecule has 2 aromatic carbocycles. The number of fused-ring (bicyclic) bond motifs is 1. The van der Waals surface area contributed by atoms with Crippen molar-refractivity contribution in [3.05, 3.63) is 76.4 Å². The van der Waals surface area contributed by atoms with E-state index in [0.29, 0.717) is 5.95 Å². The highest BCUT2D eigenvalue weighted by Gasteiger charge is 2.10. The van der Waals surface area contributed by atoms with Gasteiger partial charge in [0.1, 0.15) is 17.1 Å². The number of hydrogen-bond donors (Lipinski definition) is 1. The van der Waals surface area contributed by atoms with Crippen LogP contribution in [0.4, 0.5) is 5.95 Å². The highest BCUT2D eigenvalue weighted by atomic mass is 16.5. The van der Waals surface area contributed by atoms with E-state index in [-0.39, 0.29) is 0 Å². The zero-order valence-corrected chi connectivity index (χ0v) is 17.8. The first kappa shape index (κ1) is 19.6. The summed E-state index contributed by atoms with van der Waals surface area (Å²) in [6.45, 7) is 7.99. The van der Waals surface area contributed by atoms with E-state index in [1.165, 1.54) is 0 Å². The van der Waals surface area contributed by atoms with Gasteiger partial charge < -0.3 is 9.15 Å². The van der Waals surface area contributed by atoms with Crippen LogP contribution in [0, 0.1) is 27.7 Å². The third kappa shape index (κ3) is 4.03. The maximum Gasteiger partial charge on any atom is 0.243 e. The Morgan fingerprint density at radius 2 is 1.60 bits per heavy atom. The van der Waals surface area contributed by atoms with Gasteiger partial charge in [0.05, 0.1) is 12.5 Å². The number of anilines is 1. The second-order valence-corrected chi connectivity index (χ2v) is 7.38. The van der Waals surface area contributed by atoms with Crippen molar-refractivity contribution in [2.24, 2.45) is 5.10 Å². The molecule has 0 atom stereocenters. The minimum Gasteiger partial charge on any atom is -0.497 e. The summed E-state index contributed by atoms with van der Waals surface area (Å²) in [5.74, 6) is 1.99. The summed E-state index contributed by atoms with van der Waals surface area (Å²) in [4.78, 5) is 8.82. The van der Waals surface area contributed by atoms with Crippen LogP contribution in [0.1, 0.15) is 22.5 Å². The highest BCUT2D eigenvalue weighted by molar-refractivity contribution is 5.82. The minimum atomic E-state index is 0.470. The first-order valence-electron chi connectivity index (χ1n) is 9.74. The van der Waals surface area contributed by atoms with Gasteiger partial charge in [0, 0.05) is 28.4 Å². The molecule has 0 unspecified atom stereocenters. The van der Waals surface area contributed by atoms with Crippen LogP contribution >= 0.6 is 0 Å². The van der Waals surface area contributed by atoms with Gasteiger partial charge in [-0.3, -0.25) is 0 Å². The molecule has 0 aliphatic carbocycles. The molecule has 0 saturated carbocycles. The summed E-state index contributed by atoms with van der Waals surface area (Å²) in [6, 6.07) is 15.8. The Morgan fingerprint density at radius 3 is 2.27 bits per heavy atom. The zero-order chi connectivity index (χ0) is 21.3. The lowest BCUT2D eigenvalue weighted by Gasteiger charge is -2.09. The van der Waals surface area contributed by atoms with Gasteiger partial charge in [0.15, 0.2) is 0 Å². The normalized spacial score (nSPS) is 11.7. The van der Waals surface area contributed by atoms with Crippen LogP contribution in [0.3, 0.4) is 0 Å². The standard InChI is InChI=1S/C24H24N4O2/c1-14-10-15(2)23-20(27-28-24-25-16(3)12-17(4)26-24)13-21(30-22(23)11-14)18-6-8-19(29-5)9-7-18/h6-13H,1-5H3,(H,25,26,28)/b27-20+. The maximum atomic E-state index is 6.25. The van der Waals surface area contributed by atoms with Crippen molar-refractivity contribution in [1.29, 1.82) is 0 Å². The Kier molecular flexibility index (Phi) is 5.23. The van der Waals surface area contributed by atoms with E-state index in [0.717, 1.165) is 55.9 Å². The fourth-order valence-corrected chi connectivity index (χ4v) is 3.55. The molecule has 2 heterocycles. The van der Waals surface area contributed by atoms with Crippen LogP contribution in [0.5, 0.6) is 5.75 Å². The van der Waals surface area contributed by atoms with Gasteiger partial charge in [0.25, 0.3) is 0 Å². The molecule has 30 heavy (non-hydrogen) atoms. The first-order chi connectivity index (χ1) is 14.4. The van der Waals surface area contributed by atoms with Crippen LogP contribution in [0.2, 0.25) is 0 Å². The Morgan fingerprint density at radius 1 is 0.900 bits per heavy atom. The zero-order valence-electron chi connectivity index (χ0n) is 17.8. The molecule has 152 valence electrons. The van der Waals surface area contributed by atoms with Crippen LogP contribution in [0.25, 0.3) is 22.3 Å². The second kappa shape index (κ2) is 7.99. The predicted molar refractivity (Wildman–Crippen MR) is 118 cm³/mol. The molecule has 0 spiro atoms. The first-order valence-corrected chi connectivity index (χ1v) is 9.74. The van der Waals surface area contributed by atoms with Crippen molar-refractivity contribution >= 4 is 16.9 Å². The van der Waals surface area contributed by atoms with Crippen LogP contribution in [-0.4, -0.2) is 17.1 Å². The van der Waals surface area contributed by atoms with Gasteiger partial charge in [-0.05, 0) is 75.2 Å². The van der Waals surface area contributed by atoms with E-state index in [1.807, 2.05) is 56.3 Å². The van der Waals surface area contributed by atoms with Gasteiger partial charge in [-0.2, -0.15) is 5.10 Å². The smallest absolute Gasteiger partial charge is 0.243 e. The van der Waals surface area contributed by atoms with E-state index in [9.17, 15) is 0 Å². The van der Waals surface area contributed by atoms with Crippen molar-refractivity contribution in [1.82, 2.24) is 9.97 Å². The Labute approximate surface area is 175 Å². The van der Waals surface area contributed by atoms with Gasteiger partial charge >= 0.3 is 0 Å². The number of hydrogen-bond acceptors (Lipinski definition) is 6. The molecule has 0 bridgehead atoms. The average Bonchev–Trinajstić information content (AvgIpc) is 2.70. The molecule has 1 N–H and O–H groups in total. The molecular formula is C24H24N4O2. The lowest BCUT2D eigenvalue weighted by Crippen LogP contribution is -2.10. The quantitative estimate of drug-likeness (QED) is 0.485. The topological polar surface area (TPSA) is 72.5 Å². The summed E-state index contributed by atoms with van der Waals surface area (Å²) in [5.41, 5.74) is 8.74. The van der Waals surface area contributed by atoms with Gasteiger partial charge in [-0.25, -0.2) is 15.4 Å². The Balaban J connectivity index is 1.89. The Hall–Kier alpha value is -3.67. The highest BCUT2D eigenvalue weighted by Crippen LogP contribution is 2.26. The fourth-order valence-electron chi connectivity index (χ4n) is 3.55. The maximum absolute atomic E-state index is 6.25. The number of nitrogens with one attached hydrogen (secondary N) is 1. The second-order valence-electron chi connectivity index (χ2n) is 7.38. The molecule has 4 rings (SSSR count). The van der Waals surface area contributed by atoms with E-state index < -0.39 is 0 Å². The Bertz CT molecular complexity index is 1270. The molecule has 0 aliphatic rings. The third-order valence-electron chi connectivity index (χ3n) is 4.82. The summed E-state index contributed by atoms with van der Waals surface area (Å²) in [7, 11) is 1.65. The molecule has 6 heteroatoms. The molecule has 4 aromatic rings. The van der Waals surface area contributed by atoms with Crippen molar-refractivity contribution in [2.75, 3.05) is 12.5 Å². The SMILES string of the molecule is COc1ccc(-c2c/c(=N\Nc3nc(C)cc(C)n3)c3c(C)cc(C)cc3o2)cc1. The molecule has 2 aromatic heterocycles. The van der Waals surface area contributed by atoms with Crippen LogP contribution in [-0.2, 0) is 0 Å². The minimum absolute atomic E-state index is 0.470. The summed E-state index contributed by atoms with van der Waals surface area (Å²) in [6.07, 6.45) is 0. The van der Waals surface area contributed by atoms with Crippen molar-refractivity contribution in [2.45, 2.75) is 27.7 Å². The predicted octanol–water partition coefficient (Wildman–Crippen LogP) is 5.06. The number of aromatic nitrogens is 2. The largest absolute Gasteiger partial charge is 0.497 e. The van der Waals surface area contributed by atoms with Crippen LogP contribution < -0.4 is 15.5 Å². The van der Waals surface area contributed by atoms with Crippen molar-refractivity contribution < 1.29 is 9.15 Å². The van der Waals surface area contributed by atoms with Crippen LogP contribution in [0.15, 0.2) is 58.0 Å². The fraction of sp³-hybridized carbons (Fsp3) is 0.208. The summed E-state index contributed by atoms with van der Waals surface area (Å²) in [5, 5.41) is 6.36. The monoisotopic (exact) mass is 400 g/mol. The molecular weight excluding hydrogens is 376 g/mol. The van der Waals surface area contributed by atoms with Gasteiger partial charge in [-0.1, -0.05) is 6.07 Å². The number of nitrogens with zero attached hydrogens (tertiary/aromatic N) is 3. The third-order valence-corrected chi connectivity index (χ3v) is 4.82. The number of benzene rings is 2. The summed E-state index contributed by atoms with van der Waals surface area (Å²) >= 11 is 0. The van der Waals surface area contributed by atoms with E-state index in [2.05, 4.69) is 40.4 Å². The lowest BCUT2D eigenvalue weighted by atomic mass is 10.0. The van der Waals surface area contributed by atoms with Crippen molar-refractivity contribution in [3.63, 3.8) is 0 Å². The number of methoxy groups -OCH3 is 1. The van der Waals surface area contributed by atoms with E-state index in [4.69, 9.17) is 9.15 Å². The molecule has 0 fully saturated rings. The van der Waals surface area contributed by atoms with Crippen molar-refractivity contribution in [3.8, 4) is 17.1 Å². The molecule has 0 radical (unpaired) electrons. The van der Waals surface area contributed by atoms with Gasteiger partial charge in [0.2, 0.25) is 5.95 Å². The molecule has 0 aliphatic heterocycles. The molecule has 6 nitrogen and oxygen atoms in total. The van der Waals surface area contributed by atoms with E-state index in [1.54, 1.807) is 7.11 Å². The number of aryl methyl sites for hydroxylation is 4. The lowest BCUT2D eigenvalue weighted by molar-refractivity contribution is 0.415. The number of rotatable bonds is 4. The number of ether oxygens (including phenoxy) is 1. The molecule has 0 saturated heterocycles. The molecule has 0 amide bonds.